The Hall–Kier alpha value is -1.43. The zero-order valence-electron chi connectivity index (χ0n) is 12.7. The van der Waals surface area contributed by atoms with Crippen LogP contribution in [0.15, 0.2) is 6.07 Å². The molecule has 0 unspecified atom stereocenters. The second-order valence-corrected chi connectivity index (χ2v) is 5.24. The molecule has 5 nitrogen and oxygen atoms in total. The molecule has 0 atom stereocenters. The summed E-state index contributed by atoms with van der Waals surface area (Å²) in [7, 11) is 0. The minimum Gasteiger partial charge on any atom is -0.391 e. The molecule has 1 aromatic heterocycles. The standard InChI is InChI=1S/C14H24N4OS/c1-5-10-9-11(18(8-4)17-10)12(19)16-14(6-2,7-3)13(15)20/h9H,5-8H2,1-4H3,(H2,15,20)(H,16,19). The fourth-order valence-corrected chi connectivity index (χ4v) is 2.52. The van der Waals surface area contributed by atoms with Crippen LogP contribution in [0.1, 0.15) is 56.7 Å². The predicted molar refractivity (Wildman–Crippen MR) is 84.8 cm³/mol. The van der Waals surface area contributed by atoms with E-state index in [4.69, 9.17) is 18.0 Å². The Morgan fingerprint density at radius 3 is 2.40 bits per heavy atom. The van der Waals surface area contributed by atoms with E-state index in [-0.39, 0.29) is 5.91 Å². The van der Waals surface area contributed by atoms with Crippen molar-refractivity contribution in [3.05, 3.63) is 17.5 Å². The van der Waals surface area contributed by atoms with Crippen molar-refractivity contribution < 1.29 is 4.79 Å². The molecule has 0 spiro atoms. The van der Waals surface area contributed by atoms with Gasteiger partial charge in [0.2, 0.25) is 0 Å². The SMILES string of the molecule is CCc1cc(C(=O)NC(CC)(CC)C(N)=S)n(CC)n1. The van der Waals surface area contributed by atoms with Gasteiger partial charge < -0.3 is 11.1 Å². The van der Waals surface area contributed by atoms with Crippen LogP contribution in [-0.4, -0.2) is 26.2 Å². The number of aromatic nitrogens is 2. The molecule has 0 saturated heterocycles. The van der Waals surface area contributed by atoms with Gasteiger partial charge in [0, 0.05) is 6.54 Å². The van der Waals surface area contributed by atoms with Crippen LogP contribution in [0.2, 0.25) is 0 Å². The summed E-state index contributed by atoms with van der Waals surface area (Å²) in [4.78, 5) is 12.8. The van der Waals surface area contributed by atoms with Crippen molar-refractivity contribution in [2.75, 3.05) is 0 Å². The fourth-order valence-electron chi connectivity index (χ4n) is 2.18. The molecule has 6 heteroatoms. The lowest BCUT2D eigenvalue weighted by Crippen LogP contribution is -2.56. The van der Waals surface area contributed by atoms with Gasteiger partial charge in [-0.3, -0.25) is 9.48 Å². The van der Waals surface area contributed by atoms with Gasteiger partial charge in [0.25, 0.3) is 5.91 Å². The van der Waals surface area contributed by atoms with E-state index in [9.17, 15) is 4.79 Å². The summed E-state index contributed by atoms with van der Waals surface area (Å²) in [6.07, 6.45) is 2.15. The van der Waals surface area contributed by atoms with Crippen LogP contribution in [0.5, 0.6) is 0 Å². The highest BCUT2D eigenvalue weighted by atomic mass is 32.1. The third kappa shape index (κ3) is 3.17. The molecule has 20 heavy (non-hydrogen) atoms. The van der Waals surface area contributed by atoms with Gasteiger partial charge in [-0.15, -0.1) is 0 Å². The van der Waals surface area contributed by atoms with Gasteiger partial charge >= 0.3 is 0 Å². The lowest BCUT2D eigenvalue weighted by atomic mass is 9.92. The first-order valence-electron chi connectivity index (χ1n) is 7.13. The molecule has 0 aliphatic heterocycles. The number of hydrogen-bond donors (Lipinski definition) is 2. The maximum Gasteiger partial charge on any atom is 0.270 e. The fraction of sp³-hybridized carbons (Fsp3) is 0.643. The smallest absolute Gasteiger partial charge is 0.270 e. The zero-order chi connectivity index (χ0) is 15.3. The average Bonchev–Trinajstić information content (AvgIpc) is 2.87. The molecule has 0 radical (unpaired) electrons. The minimum absolute atomic E-state index is 0.171. The Bertz CT molecular complexity index is 491. The lowest BCUT2D eigenvalue weighted by molar-refractivity contribution is 0.0909. The molecule has 0 saturated carbocycles. The van der Waals surface area contributed by atoms with Crippen molar-refractivity contribution in [1.82, 2.24) is 15.1 Å². The molecule has 1 heterocycles. The monoisotopic (exact) mass is 296 g/mol. The van der Waals surface area contributed by atoms with Crippen molar-refractivity contribution in [3.8, 4) is 0 Å². The number of aryl methyl sites for hydroxylation is 2. The Morgan fingerprint density at radius 1 is 1.40 bits per heavy atom. The van der Waals surface area contributed by atoms with Gasteiger partial charge in [-0.25, -0.2) is 0 Å². The number of nitrogens with zero attached hydrogens (tertiary/aromatic N) is 2. The van der Waals surface area contributed by atoms with Crippen molar-refractivity contribution >= 4 is 23.1 Å². The third-order valence-corrected chi connectivity index (χ3v) is 4.15. The average molecular weight is 296 g/mol. The van der Waals surface area contributed by atoms with E-state index in [2.05, 4.69) is 10.4 Å². The first kappa shape index (κ1) is 16.6. The normalized spacial score (nSPS) is 11.4. The van der Waals surface area contributed by atoms with Crippen molar-refractivity contribution in [2.24, 2.45) is 5.73 Å². The summed E-state index contributed by atoms with van der Waals surface area (Å²) in [5.74, 6) is -0.171. The maximum absolute atomic E-state index is 12.5. The second-order valence-electron chi connectivity index (χ2n) is 4.80. The number of nitrogens with two attached hydrogens (primary N) is 1. The Kier molecular flexibility index (Phi) is 5.68. The van der Waals surface area contributed by atoms with Gasteiger partial charge in [-0.05, 0) is 32.3 Å². The molecular weight excluding hydrogens is 272 g/mol. The van der Waals surface area contributed by atoms with Crippen LogP contribution in [0.4, 0.5) is 0 Å². The van der Waals surface area contributed by atoms with Gasteiger partial charge in [-0.2, -0.15) is 5.10 Å². The van der Waals surface area contributed by atoms with E-state index < -0.39 is 5.54 Å². The Labute approximate surface area is 125 Å². The van der Waals surface area contributed by atoms with Crippen LogP contribution in [-0.2, 0) is 13.0 Å². The van der Waals surface area contributed by atoms with Crippen LogP contribution >= 0.6 is 12.2 Å². The van der Waals surface area contributed by atoms with Crippen LogP contribution in [0, 0.1) is 0 Å². The molecule has 0 fully saturated rings. The van der Waals surface area contributed by atoms with Gasteiger partial charge in [-0.1, -0.05) is 33.0 Å². The van der Waals surface area contributed by atoms with Crippen LogP contribution in [0.3, 0.4) is 0 Å². The summed E-state index contributed by atoms with van der Waals surface area (Å²) in [6, 6.07) is 1.83. The third-order valence-electron chi connectivity index (χ3n) is 3.76. The highest BCUT2D eigenvalue weighted by molar-refractivity contribution is 7.80. The molecule has 1 rings (SSSR count). The van der Waals surface area contributed by atoms with Crippen LogP contribution in [0.25, 0.3) is 0 Å². The lowest BCUT2D eigenvalue weighted by Gasteiger charge is -2.31. The maximum atomic E-state index is 12.5. The van der Waals surface area contributed by atoms with E-state index in [0.717, 1.165) is 12.1 Å². The minimum atomic E-state index is -0.623. The number of thiocarbonyl (C=S) groups is 1. The van der Waals surface area contributed by atoms with Crippen molar-refractivity contribution in [3.63, 3.8) is 0 Å². The van der Waals surface area contributed by atoms with Gasteiger partial charge in [0.1, 0.15) is 5.69 Å². The summed E-state index contributed by atoms with van der Waals surface area (Å²) in [5, 5.41) is 7.38. The van der Waals surface area contributed by atoms with E-state index in [1.165, 1.54) is 0 Å². The molecule has 112 valence electrons. The molecule has 0 aliphatic rings. The van der Waals surface area contributed by atoms with Crippen molar-refractivity contribution in [1.29, 1.82) is 0 Å². The number of amides is 1. The molecule has 1 aromatic rings. The van der Waals surface area contributed by atoms with E-state index >= 15 is 0 Å². The van der Waals surface area contributed by atoms with E-state index in [1.54, 1.807) is 4.68 Å². The Balaban J connectivity index is 3.06. The highest BCUT2D eigenvalue weighted by Gasteiger charge is 2.32. The largest absolute Gasteiger partial charge is 0.391 e. The molecule has 0 bridgehead atoms. The Morgan fingerprint density at radius 2 is 2.00 bits per heavy atom. The number of hydrogen-bond acceptors (Lipinski definition) is 3. The van der Waals surface area contributed by atoms with Gasteiger partial charge in [0.15, 0.2) is 0 Å². The number of carbonyl (C=O) groups excluding carboxylic acids is 1. The summed E-state index contributed by atoms with van der Waals surface area (Å²) in [6.45, 7) is 8.57. The number of nitrogens with one attached hydrogen (secondary N) is 1. The summed E-state index contributed by atoms with van der Waals surface area (Å²) in [5.41, 5.74) is 6.66. The molecule has 0 aliphatic carbocycles. The molecule has 3 N–H and O–H groups in total. The zero-order valence-corrected chi connectivity index (χ0v) is 13.5. The number of rotatable bonds is 7. The topological polar surface area (TPSA) is 72.9 Å². The van der Waals surface area contributed by atoms with Crippen LogP contribution < -0.4 is 11.1 Å². The summed E-state index contributed by atoms with van der Waals surface area (Å²) < 4.78 is 1.71. The quantitative estimate of drug-likeness (QED) is 0.755. The molecule has 1 amide bonds. The number of carbonyl (C=O) groups is 1. The van der Waals surface area contributed by atoms with Gasteiger partial charge in [0.05, 0.1) is 16.2 Å². The second kappa shape index (κ2) is 6.83. The van der Waals surface area contributed by atoms with Crippen molar-refractivity contribution in [2.45, 2.75) is 59.0 Å². The summed E-state index contributed by atoms with van der Waals surface area (Å²) >= 11 is 5.13. The van der Waals surface area contributed by atoms with E-state index in [1.807, 2.05) is 33.8 Å². The first-order chi connectivity index (χ1) is 9.43. The van der Waals surface area contributed by atoms with E-state index in [0.29, 0.717) is 30.1 Å². The highest BCUT2D eigenvalue weighted by Crippen LogP contribution is 2.17. The molecule has 0 aromatic carbocycles. The molecular formula is C14H24N4OS. The first-order valence-corrected chi connectivity index (χ1v) is 7.54. The predicted octanol–water partition coefficient (Wildman–Crippen LogP) is 2.04.